The summed E-state index contributed by atoms with van der Waals surface area (Å²) in [6.45, 7) is 4.00. The van der Waals surface area contributed by atoms with Crippen LogP contribution in [0, 0.1) is 11.7 Å². The average Bonchev–Trinajstić information content (AvgIpc) is 2.80. The van der Waals surface area contributed by atoms with Crippen LogP contribution in [-0.4, -0.2) is 23.7 Å². The first-order valence-corrected chi connectivity index (χ1v) is 7.42. The van der Waals surface area contributed by atoms with Crippen LogP contribution in [0.5, 0.6) is 0 Å². The maximum Gasteiger partial charge on any atom is 0.261 e. The minimum absolute atomic E-state index is 0.0799. The Morgan fingerprint density at radius 2 is 2.15 bits per heavy atom. The fourth-order valence-electron chi connectivity index (χ4n) is 2.13. The lowest BCUT2D eigenvalue weighted by Crippen LogP contribution is -2.38. The minimum atomic E-state index is -0.310. The molecule has 0 radical (unpaired) electrons. The van der Waals surface area contributed by atoms with E-state index in [1.165, 1.54) is 23.5 Å². The molecule has 20 heavy (non-hydrogen) atoms. The number of carbonyl (C=O) groups is 1. The molecule has 0 bridgehead atoms. The van der Waals surface area contributed by atoms with E-state index in [0.29, 0.717) is 10.8 Å². The number of halogens is 1. The molecule has 1 aromatic carbocycles. The largest absolute Gasteiger partial charge is 0.394 e. The Hall–Kier alpha value is -1.46. The maximum absolute atomic E-state index is 13.1. The van der Waals surface area contributed by atoms with Gasteiger partial charge in [-0.2, -0.15) is 0 Å². The number of rotatable bonds is 5. The molecule has 1 unspecified atom stereocenters. The number of hydrogen-bond acceptors (Lipinski definition) is 3. The van der Waals surface area contributed by atoms with Gasteiger partial charge in [0.2, 0.25) is 0 Å². The summed E-state index contributed by atoms with van der Waals surface area (Å²) in [7, 11) is 0. The van der Waals surface area contributed by atoms with Crippen molar-refractivity contribution in [2.45, 2.75) is 26.3 Å². The monoisotopic (exact) mass is 295 g/mol. The summed E-state index contributed by atoms with van der Waals surface area (Å²) in [5.74, 6) is -0.134. The standard InChI is InChI=1S/C15H18FNO2S/c1-9(2)5-12(8-18)17-15(19)14-7-10-6-11(16)3-4-13(10)20-14/h3-4,6-7,9,12,18H,5,8H2,1-2H3,(H,17,19). The fourth-order valence-corrected chi connectivity index (χ4v) is 3.08. The van der Waals surface area contributed by atoms with Crippen molar-refractivity contribution in [2.24, 2.45) is 5.92 Å². The number of aliphatic hydroxyl groups excluding tert-OH is 1. The van der Waals surface area contributed by atoms with Gasteiger partial charge in [-0.1, -0.05) is 13.8 Å². The van der Waals surface area contributed by atoms with E-state index in [1.54, 1.807) is 12.1 Å². The van der Waals surface area contributed by atoms with Crippen molar-refractivity contribution in [1.82, 2.24) is 5.32 Å². The Bertz CT molecular complexity index is 609. The zero-order chi connectivity index (χ0) is 14.7. The van der Waals surface area contributed by atoms with Crippen molar-refractivity contribution in [3.8, 4) is 0 Å². The smallest absolute Gasteiger partial charge is 0.261 e. The summed E-state index contributed by atoms with van der Waals surface area (Å²) in [6, 6.07) is 5.91. The zero-order valence-corrected chi connectivity index (χ0v) is 12.3. The Labute approximate surface area is 121 Å². The predicted octanol–water partition coefficient (Wildman–Crippen LogP) is 3.18. The molecule has 5 heteroatoms. The molecule has 3 nitrogen and oxygen atoms in total. The van der Waals surface area contributed by atoms with E-state index < -0.39 is 0 Å². The normalized spacial score (nSPS) is 12.8. The first-order valence-electron chi connectivity index (χ1n) is 6.60. The van der Waals surface area contributed by atoms with Crippen molar-refractivity contribution in [2.75, 3.05) is 6.61 Å². The zero-order valence-electron chi connectivity index (χ0n) is 11.5. The summed E-state index contributed by atoms with van der Waals surface area (Å²) in [4.78, 5) is 12.7. The summed E-state index contributed by atoms with van der Waals surface area (Å²) in [5.41, 5.74) is 0. The number of aliphatic hydroxyl groups is 1. The maximum atomic E-state index is 13.1. The second-order valence-electron chi connectivity index (χ2n) is 5.28. The van der Waals surface area contributed by atoms with E-state index in [9.17, 15) is 14.3 Å². The minimum Gasteiger partial charge on any atom is -0.394 e. The molecule has 0 aliphatic rings. The Kier molecular flexibility index (Phi) is 4.73. The molecule has 2 rings (SSSR count). The van der Waals surface area contributed by atoms with Crippen molar-refractivity contribution < 1.29 is 14.3 Å². The van der Waals surface area contributed by atoms with E-state index in [0.717, 1.165) is 16.5 Å². The Balaban J connectivity index is 2.14. The van der Waals surface area contributed by atoms with Gasteiger partial charge >= 0.3 is 0 Å². The van der Waals surface area contributed by atoms with Crippen molar-refractivity contribution in [1.29, 1.82) is 0 Å². The van der Waals surface area contributed by atoms with Gasteiger partial charge < -0.3 is 10.4 Å². The third kappa shape index (κ3) is 3.55. The van der Waals surface area contributed by atoms with Gasteiger partial charge in [0.25, 0.3) is 5.91 Å². The lowest BCUT2D eigenvalue weighted by atomic mass is 10.0. The predicted molar refractivity (Wildman–Crippen MR) is 79.6 cm³/mol. The van der Waals surface area contributed by atoms with Gasteiger partial charge in [-0.05, 0) is 42.0 Å². The van der Waals surface area contributed by atoms with Gasteiger partial charge in [-0.15, -0.1) is 11.3 Å². The number of amides is 1. The number of fused-ring (bicyclic) bond motifs is 1. The Morgan fingerprint density at radius 3 is 2.80 bits per heavy atom. The number of hydrogen-bond donors (Lipinski definition) is 2. The summed E-state index contributed by atoms with van der Waals surface area (Å²) >= 11 is 1.33. The fraction of sp³-hybridized carbons (Fsp3) is 0.400. The molecule has 1 atom stereocenters. The third-order valence-electron chi connectivity index (χ3n) is 3.01. The van der Waals surface area contributed by atoms with Gasteiger partial charge in [-0.3, -0.25) is 4.79 Å². The van der Waals surface area contributed by atoms with E-state index in [-0.39, 0.29) is 24.4 Å². The van der Waals surface area contributed by atoms with Crippen LogP contribution >= 0.6 is 11.3 Å². The summed E-state index contributed by atoms with van der Waals surface area (Å²) < 4.78 is 14.0. The van der Waals surface area contributed by atoms with Crippen LogP contribution < -0.4 is 5.32 Å². The molecule has 0 spiro atoms. The van der Waals surface area contributed by atoms with Crippen LogP contribution in [0.4, 0.5) is 4.39 Å². The van der Waals surface area contributed by atoms with Gasteiger partial charge in [-0.25, -0.2) is 4.39 Å². The lowest BCUT2D eigenvalue weighted by molar-refractivity contribution is 0.0912. The van der Waals surface area contributed by atoms with E-state index >= 15 is 0 Å². The molecule has 0 saturated heterocycles. The highest BCUT2D eigenvalue weighted by molar-refractivity contribution is 7.20. The molecule has 0 aliphatic heterocycles. The van der Waals surface area contributed by atoms with Crippen LogP contribution in [0.25, 0.3) is 10.1 Å². The average molecular weight is 295 g/mol. The molecule has 1 aromatic heterocycles. The molecule has 2 aromatic rings. The highest BCUT2D eigenvalue weighted by atomic mass is 32.1. The second-order valence-corrected chi connectivity index (χ2v) is 6.36. The molecule has 2 N–H and O–H groups in total. The molecule has 108 valence electrons. The van der Waals surface area contributed by atoms with Crippen LogP contribution in [0.15, 0.2) is 24.3 Å². The first kappa shape index (κ1) is 14.9. The van der Waals surface area contributed by atoms with Crippen LogP contribution in [-0.2, 0) is 0 Å². The Morgan fingerprint density at radius 1 is 1.40 bits per heavy atom. The highest BCUT2D eigenvalue weighted by Crippen LogP contribution is 2.26. The third-order valence-corrected chi connectivity index (χ3v) is 4.13. The highest BCUT2D eigenvalue weighted by Gasteiger charge is 2.16. The number of carbonyl (C=O) groups excluding carboxylic acids is 1. The molecule has 1 amide bonds. The van der Waals surface area contributed by atoms with E-state index in [4.69, 9.17) is 0 Å². The van der Waals surface area contributed by atoms with Crippen molar-refractivity contribution in [3.63, 3.8) is 0 Å². The topological polar surface area (TPSA) is 49.3 Å². The van der Waals surface area contributed by atoms with E-state index in [2.05, 4.69) is 5.32 Å². The van der Waals surface area contributed by atoms with Crippen LogP contribution in [0.3, 0.4) is 0 Å². The molecule has 0 saturated carbocycles. The number of nitrogens with one attached hydrogen (secondary N) is 1. The molecule has 0 fully saturated rings. The van der Waals surface area contributed by atoms with Crippen molar-refractivity contribution in [3.05, 3.63) is 35.0 Å². The molecule has 1 heterocycles. The molecule has 0 aliphatic carbocycles. The van der Waals surface area contributed by atoms with Gasteiger partial charge in [0.1, 0.15) is 5.82 Å². The van der Waals surface area contributed by atoms with Gasteiger partial charge in [0.05, 0.1) is 17.5 Å². The summed E-state index contributed by atoms with van der Waals surface area (Å²) in [6.07, 6.45) is 0.724. The number of thiophene rings is 1. The molecular formula is C15H18FNO2S. The van der Waals surface area contributed by atoms with Crippen LogP contribution in [0.2, 0.25) is 0 Å². The first-order chi connectivity index (χ1) is 9.49. The molecular weight excluding hydrogens is 277 g/mol. The number of benzene rings is 1. The van der Waals surface area contributed by atoms with Crippen molar-refractivity contribution >= 4 is 27.3 Å². The lowest BCUT2D eigenvalue weighted by Gasteiger charge is -2.17. The quantitative estimate of drug-likeness (QED) is 0.890. The SMILES string of the molecule is CC(C)CC(CO)NC(=O)c1cc2cc(F)ccc2s1. The van der Waals surface area contributed by atoms with Gasteiger partial charge in [0.15, 0.2) is 0 Å². The van der Waals surface area contributed by atoms with Crippen LogP contribution in [0.1, 0.15) is 29.9 Å². The summed E-state index contributed by atoms with van der Waals surface area (Å²) in [5, 5.41) is 12.8. The van der Waals surface area contributed by atoms with E-state index in [1.807, 2.05) is 13.8 Å². The second kappa shape index (κ2) is 6.33. The van der Waals surface area contributed by atoms with Gasteiger partial charge in [0, 0.05) is 4.70 Å².